The van der Waals surface area contributed by atoms with Crippen molar-refractivity contribution < 1.29 is 0 Å². The van der Waals surface area contributed by atoms with Gasteiger partial charge in [0.15, 0.2) is 0 Å². The first-order valence-corrected chi connectivity index (χ1v) is 7.33. The Balaban J connectivity index is 2.05. The molecular weight excluding hydrogens is 242 g/mol. The van der Waals surface area contributed by atoms with Crippen LogP contribution in [0.25, 0.3) is 0 Å². The molecule has 0 fully saturated rings. The quantitative estimate of drug-likeness (QED) is 0.579. The summed E-state index contributed by atoms with van der Waals surface area (Å²) in [5.41, 5.74) is 2.74. The van der Waals surface area contributed by atoms with Crippen LogP contribution >= 0.6 is 0 Å². The highest BCUT2D eigenvalue weighted by Crippen LogP contribution is 2.23. The highest BCUT2D eigenvalue weighted by Gasteiger charge is 2.12. The van der Waals surface area contributed by atoms with Crippen LogP contribution in [0.3, 0.4) is 0 Å². The van der Waals surface area contributed by atoms with Gasteiger partial charge in [0.1, 0.15) is 0 Å². The number of allylic oxidation sites excluding steroid dienone is 1. The van der Waals surface area contributed by atoms with E-state index in [2.05, 4.69) is 85.1 Å². The third-order valence-electron chi connectivity index (χ3n) is 3.48. The Morgan fingerprint density at radius 3 is 1.95 bits per heavy atom. The number of benzene rings is 2. The highest BCUT2D eigenvalue weighted by molar-refractivity contribution is 5.32. The summed E-state index contributed by atoms with van der Waals surface area (Å²) in [6.07, 6.45) is 5.40. The molecule has 0 aromatic heterocycles. The van der Waals surface area contributed by atoms with Crippen LogP contribution in [0, 0.1) is 0 Å². The standard InChI is InChI=1S/C19H23N/c1-2-3-10-15-20-16-19(17-11-6-4-7-12-17)18-13-8-5-9-14-18/h2-9,11-14,19-20H,10,15-16H2,1H3/b3-2+. The summed E-state index contributed by atoms with van der Waals surface area (Å²) in [7, 11) is 0. The van der Waals surface area contributed by atoms with Crippen LogP contribution in [0.15, 0.2) is 72.8 Å². The van der Waals surface area contributed by atoms with Gasteiger partial charge in [0.05, 0.1) is 0 Å². The van der Waals surface area contributed by atoms with Crippen molar-refractivity contribution in [3.05, 3.63) is 83.9 Å². The Hall–Kier alpha value is -1.86. The average Bonchev–Trinajstić information content (AvgIpc) is 2.53. The lowest BCUT2D eigenvalue weighted by atomic mass is 9.91. The van der Waals surface area contributed by atoms with Crippen LogP contribution < -0.4 is 5.32 Å². The topological polar surface area (TPSA) is 12.0 Å². The van der Waals surface area contributed by atoms with E-state index in [1.165, 1.54) is 11.1 Å². The fraction of sp³-hybridized carbons (Fsp3) is 0.263. The van der Waals surface area contributed by atoms with Crippen LogP contribution in [0.4, 0.5) is 0 Å². The van der Waals surface area contributed by atoms with E-state index >= 15 is 0 Å². The molecule has 0 unspecified atom stereocenters. The molecule has 0 aliphatic heterocycles. The molecule has 0 aliphatic rings. The van der Waals surface area contributed by atoms with Crippen molar-refractivity contribution in [2.24, 2.45) is 0 Å². The molecule has 0 radical (unpaired) electrons. The van der Waals surface area contributed by atoms with E-state index in [4.69, 9.17) is 0 Å². The Labute approximate surface area is 122 Å². The first kappa shape index (κ1) is 14.5. The molecule has 0 atom stereocenters. The Kier molecular flexibility index (Phi) is 6.07. The van der Waals surface area contributed by atoms with Gasteiger partial charge in [0.2, 0.25) is 0 Å². The molecular formula is C19H23N. The third kappa shape index (κ3) is 4.36. The second-order valence-corrected chi connectivity index (χ2v) is 4.94. The van der Waals surface area contributed by atoms with Crippen LogP contribution in [-0.2, 0) is 0 Å². The molecule has 2 rings (SSSR count). The molecule has 1 nitrogen and oxygen atoms in total. The summed E-state index contributed by atoms with van der Waals surface area (Å²) in [5.74, 6) is 0.419. The second-order valence-electron chi connectivity index (χ2n) is 4.94. The maximum absolute atomic E-state index is 3.57. The number of hydrogen-bond acceptors (Lipinski definition) is 1. The van der Waals surface area contributed by atoms with E-state index in [0.29, 0.717) is 5.92 Å². The summed E-state index contributed by atoms with van der Waals surface area (Å²) < 4.78 is 0. The smallest absolute Gasteiger partial charge is 0.0214 e. The fourth-order valence-corrected chi connectivity index (χ4v) is 2.40. The lowest BCUT2D eigenvalue weighted by molar-refractivity contribution is 0.640. The van der Waals surface area contributed by atoms with Gasteiger partial charge in [-0.3, -0.25) is 0 Å². The normalized spacial score (nSPS) is 11.3. The monoisotopic (exact) mass is 265 g/mol. The molecule has 20 heavy (non-hydrogen) atoms. The van der Waals surface area contributed by atoms with Gasteiger partial charge in [-0.2, -0.15) is 0 Å². The molecule has 2 aromatic carbocycles. The first-order valence-electron chi connectivity index (χ1n) is 7.33. The van der Waals surface area contributed by atoms with E-state index in [9.17, 15) is 0 Å². The maximum atomic E-state index is 3.57. The first-order chi connectivity index (χ1) is 9.92. The molecule has 0 amide bonds. The maximum Gasteiger partial charge on any atom is 0.0214 e. The van der Waals surface area contributed by atoms with Gasteiger partial charge in [-0.25, -0.2) is 0 Å². The van der Waals surface area contributed by atoms with Gasteiger partial charge in [-0.1, -0.05) is 72.8 Å². The minimum atomic E-state index is 0.419. The largest absolute Gasteiger partial charge is 0.315 e. The Morgan fingerprint density at radius 1 is 0.900 bits per heavy atom. The molecule has 0 saturated carbocycles. The summed E-state index contributed by atoms with van der Waals surface area (Å²) in [5, 5.41) is 3.57. The van der Waals surface area contributed by atoms with Gasteiger partial charge >= 0.3 is 0 Å². The van der Waals surface area contributed by atoms with Crippen LogP contribution in [-0.4, -0.2) is 13.1 Å². The molecule has 0 aliphatic carbocycles. The van der Waals surface area contributed by atoms with Crippen molar-refractivity contribution in [2.75, 3.05) is 13.1 Å². The van der Waals surface area contributed by atoms with Gasteiger partial charge in [-0.15, -0.1) is 0 Å². The van der Waals surface area contributed by atoms with Gasteiger partial charge < -0.3 is 5.32 Å². The van der Waals surface area contributed by atoms with Crippen molar-refractivity contribution in [3.63, 3.8) is 0 Å². The number of rotatable bonds is 7. The fourth-order valence-electron chi connectivity index (χ4n) is 2.40. The molecule has 0 spiro atoms. The lowest BCUT2D eigenvalue weighted by Gasteiger charge is -2.18. The van der Waals surface area contributed by atoms with Crippen LogP contribution in [0.2, 0.25) is 0 Å². The van der Waals surface area contributed by atoms with Gasteiger partial charge in [-0.05, 0) is 31.0 Å². The van der Waals surface area contributed by atoms with Crippen LogP contribution in [0.5, 0.6) is 0 Å². The van der Waals surface area contributed by atoms with E-state index in [0.717, 1.165) is 19.5 Å². The average molecular weight is 265 g/mol. The van der Waals surface area contributed by atoms with Crippen molar-refractivity contribution >= 4 is 0 Å². The Morgan fingerprint density at radius 2 is 1.45 bits per heavy atom. The number of hydrogen-bond donors (Lipinski definition) is 1. The molecule has 0 heterocycles. The van der Waals surface area contributed by atoms with Gasteiger partial charge in [0, 0.05) is 12.5 Å². The van der Waals surface area contributed by atoms with Crippen LogP contribution in [0.1, 0.15) is 30.4 Å². The molecule has 2 aromatic rings. The van der Waals surface area contributed by atoms with Crippen molar-refractivity contribution in [3.8, 4) is 0 Å². The molecule has 1 heteroatoms. The molecule has 104 valence electrons. The van der Waals surface area contributed by atoms with E-state index in [-0.39, 0.29) is 0 Å². The highest BCUT2D eigenvalue weighted by atomic mass is 14.9. The zero-order valence-corrected chi connectivity index (χ0v) is 12.1. The summed E-state index contributed by atoms with van der Waals surface area (Å²) in [4.78, 5) is 0. The number of nitrogens with one attached hydrogen (secondary N) is 1. The van der Waals surface area contributed by atoms with Crippen molar-refractivity contribution in [1.29, 1.82) is 0 Å². The van der Waals surface area contributed by atoms with E-state index in [1.54, 1.807) is 0 Å². The predicted octanol–water partition coefficient (Wildman–Crippen LogP) is 4.37. The van der Waals surface area contributed by atoms with Crippen molar-refractivity contribution in [2.45, 2.75) is 19.3 Å². The predicted molar refractivity (Wildman–Crippen MR) is 87.0 cm³/mol. The lowest BCUT2D eigenvalue weighted by Crippen LogP contribution is -2.23. The second kappa shape index (κ2) is 8.34. The molecule has 1 N–H and O–H groups in total. The minimum absolute atomic E-state index is 0.419. The third-order valence-corrected chi connectivity index (χ3v) is 3.48. The summed E-state index contributed by atoms with van der Waals surface area (Å²) in [6, 6.07) is 21.5. The molecule has 0 saturated heterocycles. The Bertz CT molecular complexity index is 462. The zero-order valence-electron chi connectivity index (χ0n) is 12.1. The van der Waals surface area contributed by atoms with Crippen molar-refractivity contribution in [1.82, 2.24) is 5.32 Å². The van der Waals surface area contributed by atoms with E-state index < -0.39 is 0 Å². The van der Waals surface area contributed by atoms with E-state index in [1.807, 2.05) is 0 Å². The zero-order chi connectivity index (χ0) is 14.0. The minimum Gasteiger partial charge on any atom is -0.315 e. The summed E-state index contributed by atoms with van der Waals surface area (Å²) in [6.45, 7) is 4.07. The molecule has 0 bridgehead atoms. The van der Waals surface area contributed by atoms with Gasteiger partial charge in [0.25, 0.3) is 0 Å². The summed E-state index contributed by atoms with van der Waals surface area (Å²) >= 11 is 0. The SMILES string of the molecule is C/C=C/CCNCC(c1ccccc1)c1ccccc1.